The highest BCUT2D eigenvalue weighted by Gasteiger charge is 2.18. The van der Waals surface area contributed by atoms with Gasteiger partial charge in [0.1, 0.15) is 0 Å². The summed E-state index contributed by atoms with van der Waals surface area (Å²) in [6, 6.07) is 8.14. The molecule has 1 unspecified atom stereocenters. The van der Waals surface area contributed by atoms with E-state index in [1.54, 1.807) is 0 Å². The summed E-state index contributed by atoms with van der Waals surface area (Å²) in [5.74, 6) is -0.950. The molecule has 0 fully saturated rings. The summed E-state index contributed by atoms with van der Waals surface area (Å²) in [6.45, 7) is 7.17. The van der Waals surface area contributed by atoms with Gasteiger partial charge in [-0.1, -0.05) is 43.7 Å². The van der Waals surface area contributed by atoms with Gasteiger partial charge < -0.3 is 10.0 Å². The molecule has 0 aromatic heterocycles. The third kappa shape index (κ3) is 6.43. The lowest BCUT2D eigenvalue weighted by Crippen LogP contribution is -2.32. The van der Waals surface area contributed by atoms with Gasteiger partial charge in [0.25, 0.3) is 0 Å². The molecule has 1 atom stereocenters. The quantitative estimate of drug-likeness (QED) is 0.800. The molecule has 0 aliphatic carbocycles. The predicted molar refractivity (Wildman–Crippen MR) is 82.9 cm³/mol. The van der Waals surface area contributed by atoms with E-state index in [-0.39, 0.29) is 24.7 Å². The second-order valence-corrected chi connectivity index (χ2v) is 5.71. The third-order valence-electron chi connectivity index (χ3n) is 3.39. The fraction of sp³-hybridized carbons (Fsp3) is 0.529. The van der Waals surface area contributed by atoms with Crippen LogP contribution in [-0.4, -0.2) is 28.4 Å². The number of amides is 1. The van der Waals surface area contributed by atoms with E-state index < -0.39 is 5.97 Å². The van der Waals surface area contributed by atoms with Crippen molar-refractivity contribution in [2.45, 2.75) is 46.6 Å². The molecule has 0 spiro atoms. The van der Waals surface area contributed by atoms with Crippen LogP contribution in [0.15, 0.2) is 24.3 Å². The molecular formula is C17H25NO3. The van der Waals surface area contributed by atoms with Gasteiger partial charge in [0.15, 0.2) is 0 Å². The van der Waals surface area contributed by atoms with Crippen molar-refractivity contribution in [2.75, 3.05) is 6.54 Å². The lowest BCUT2D eigenvalue weighted by Gasteiger charge is -2.23. The van der Waals surface area contributed by atoms with Gasteiger partial charge in [-0.05, 0) is 24.8 Å². The number of carbonyl (C=O) groups excluding carboxylic acids is 1. The van der Waals surface area contributed by atoms with Crippen LogP contribution in [0.25, 0.3) is 0 Å². The fourth-order valence-electron chi connectivity index (χ4n) is 2.27. The average Bonchev–Trinajstić information content (AvgIpc) is 2.39. The van der Waals surface area contributed by atoms with Crippen molar-refractivity contribution in [3.05, 3.63) is 35.4 Å². The van der Waals surface area contributed by atoms with Crippen LogP contribution in [0.4, 0.5) is 0 Å². The number of carbonyl (C=O) groups is 2. The summed E-state index contributed by atoms with van der Waals surface area (Å²) in [5.41, 5.74) is 2.30. The minimum Gasteiger partial charge on any atom is -0.481 e. The molecule has 0 bridgehead atoms. The Balaban J connectivity index is 2.64. The smallest absolute Gasteiger partial charge is 0.303 e. The van der Waals surface area contributed by atoms with Crippen molar-refractivity contribution in [3.63, 3.8) is 0 Å². The number of aryl methyl sites for hydroxylation is 1. The molecule has 116 valence electrons. The zero-order valence-corrected chi connectivity index (χ0v) is 13.1. The average molecular weight is 291 g/mol. The Morgan fingerprint density at radius 3 is 2.33 bits per heavy atom. The maximum Gasteiger partial charge on any atom is 0.303 e. The molecule has 4 heteroatoms. The molecule has 21 heavy (non-hydrogen) atoms. The maximum absolute atomic E-state index is 12.3. The van der Waals surface area contributed by atoms with E-state index in [1.807, 2.05) is 49.9 Å². The van der Waals surface area contributed by atoms with E-state index in [1.165, 1.54) is 5.56 Å². The molecule has 1 rings (SSSR count). The van der Waals surface area contributed by atoms with Crippen LogP contribution < -0.4 is 0 Å². The van der Waals surface area contributed by atoms with Crippen LogP contribution in [0, 0.1) is 12.8 Å². The van der Waals surface area contributed by atoms with Gasteiger partial charge in [-0.3, -0.25) is 9.59 Å². The van der Waals surface area contributed by atoms with Gasteiger partial charge >= 0.3 is 5.97 Å². The van der Waals surface area contributed by atoms with E-state index in [4.69, 9.17) is 5.11 Å². The molecule has 0 heterocycles. The summed E-state index contributed by atoms with van der Waals surface area (Å²) in [5, 5.41) is 8.78. The second kappa shape index (κ2) is 8.45. The monoisotopic (exact) mass is 291 g/mol. The maximum atomic E-state index is 12.3. The number of aliphatic carboxylic acids is 1. The van der Waals surface area contributed by atoms with E-state index in [0.717, 1.165) is 12.0 Å². The molecule has 1 aromatic carbocycles. The molecule has 0 radical (unpaired) electrons. The number of carboxylic acid groups (broad SMARTS) is 1. The predicted octanol–water partition coefficient (Wildman–Crippen LogP) is 3.23. The Hall–Kier alpha value is -1.84. The van der Waals surface area contributed by atoms with Crippen molar-refractivity contribution < 1.29 is 14.7 Å². The number of hydrogen-bond acceptors (Lipinski definition) is 2. The van der Waals surface area contributed by atoms with Crippen LogP contribution in [0.2, 0.25) is 0 Å². The normalized spacial score (nSPS) is 12.0. The van der Waals surface area contributed by atoms with E-state index in [9.17, 15) is 9.59 Å². The van der Waals surface area contributed by atoms with Gasteiger partial charge in [0.05, 0.1) is 0 Å². The fourth-order valence-corrected chi connectivity index (χ4v) is 2.27. The summed E-state index contributed by atoms with van der Waals surface area (Å²) < 4.78 is 0. The highest BCUT2D eigenvalue weighted by molar-refractivity contribution is 5.77. The third-order valence-corrected chi connectivity index (χ3v) is 3.39. The van der Waals surface area contributed by atoms with Crippen molar-refractivity contribution >= 4 is 11.9 Å². The number of benzene rings is 1. The molecule has 1 aromatic rings. The molecular weight excluding hydrogens is 266 g/mol. The van der Waals surface area contributed by atoms with Gasteiger partial charge in [-0.2, -0.15) is 0 Å². The second-order valence-electron chi connectivity index (χ2n) is 5.71. The number of carboxylic acids is 1. The molecule has 0 saturated heterocycles. The van der Waals surface area contributed by atoms with Crippen LogP contribution >= 0.6 is 0 Å². The highest BCUT2D eigenvalue weighted by Crippen LogP contribution is 2.13. The summed E-state index contributed by atoms with van der Waals surface area (Å²) in [6.07, 6.45) is 1.22. The van der Waals surface area contributed by atoms with Gasteiger partial charge in [-0.25, -0.2) is 0 Å². The molecule has 1 amide bonds. The van der Waals surface area contributed by atoms with Crippen molar-refractivity contribution in [2.24, 2.45) is 5.92 Å². The Morgan fingerprint density at radius 2 is 1.81 bits per heavy atom. The summed E-state index contributed by atoms with van der Waals surface area (Å²) in [4.78, 5) is 24.8. The molecule has 1 N–H and O–H groups in total. The molecule has 0 aliphatic heterocycles. The topological polar surface area (TPSA) is 57.6 Å². The van der Waals surface area contributed by atoms with Crippen molar-refractivity contribution in [3.8, 4) is 0 Å². The van der Waals surface area contributed by atoms with Crippen molar-refractivity contribution in [1.82, 2.24) is 4.90 Å². The largest absolute Gasteiger partial charge is 0.481 e. The van der Waals surface area contributed by atoms with Gasteiger partial charge in [-0.15, -0.1) is 0 Å². The lowest BCUT2D eigenvalue weighted by atomic mass is 10.0. The SMILES string of the molecule is CCCN(Cc1ccc(C)cc1)C(=O)CC(C)CC(=O)O. The standard InChI is InChI=1S/C17H25NO3/c1-4-9-18(12-15-7-5-13(2)6-8-15)16(19)10-14(3)11-17(20)21/h5-8,14H,4,9-12H2,1-3H3,(H,20,21). The van der Waals surface area contributed by atoms with E-state index in [0.29, 0.717) is 13.1 Å². The zero-order valence-electron chi connectivity index (χ0n) is 13.1. The van der Waals surface area contributed by atoms with Gasteiger partial charge in [0, 0.05) is 25.9 Å². The molecule has 0 saturated carbocycles. The molecule has 0 aliphatic rings. The van der Waals surface area contributed by atoms with Crippen molar-refractivity contribution in [1.29, 1.82) is 0 Å². The Kier molecular flexibility index (Phi) is 6.92. The van der Waals surface area contributed by atoms with Crippen LogP contribution in [-0.2, 0) is 16.1 Å². The highest BCUT2D eigenvalue weighted by atomic mass is 16.4. The van der Waals surface area contributed by atoms with Crippen LogP contribution in [0.1, 0.15) is 44.2 Å². The first-order chi connectivity index (χ1) is 9.92. The zero-order chi connectivity index (χ0) is 15.8. The first-order valence-electron chi connectivity index (χ1n) is 7.47. The molecule has 4 nitrogen and oxygen atoms in total. The minimum absolute atomic E-state index is 0.0335. The number of nitrogens with zero attached hydrogens (tertiary/aromatic N) is 1. The minimum atomic E-state index is -0.851. The Labute approximate surface area is 126 Å². The number of hydrogen-bond donors (Lipinski definition) is 1. The van der Waals surface area contributed by atoms with Crippen LogP contribution in [0.5, 0.6) is 0 Å². The number of rotatable bonds is 8. The Bertz CT molecular complexity index is 467. The van der Waals surface area contributed by atoms with Crippen LogP contribution in [0.3, 0.4) is 0 Å². The first-order valence-corrected chi connectivity index (χ1v) is 7.47. The first kappa shape index (κ1) is 17.2. The Morgan fingerprint density at radius 1 is 1.19 bits per heavy atom. The van der Waals surface area contributed by atoms with Gasteiger partial charge in [0.2, 0.25) is 5.91 Å². The summed E-state index contributed by atoms with van der Waals surface area (Å²) in [7, 11) is 0. The lowest BCUT2D eigenvalue weighted by molar-refractivity contribution is -0.138. The van der Waals surface area contributed by atoms with E-state index in [2.05, 4.69) is 0 Å². The van der Waals surface area contributed by atoms with E-state index >= 15 is 0 Å². The summed E-state index contributed by atoms with van der Waals surface area (Å²) >= 11 is 0.